The number of H-pyrrole nitrogens is 1. The van der Waals surface area contributed by atoms with Gasteiger partial charge in [0.15, 0.2) is 0 Å². The Morgan fingerprint density at radius 1 is 1.78 bits per heavy atom. The fraction of sp³-hybridized carbons (Fsp3) is 0. The van der Waals surface area contributed by atoms with Gasteiger partial charge in [0, 0.05) is 6.07 Å². The van der Waals surface area contributed by atoms with E-state index in [1.807, 2.05) is 0 Å². The Bertz CT molecular complexity index is 296. The first-order valence-electron chi connectivity index (χ1n) is 2.28. The minimum Gasteiger partial charge on any atom is -0.268 e. The minimum absolute atomic E-state index is 0.277. The minimum atomic E-state index is -0.353. The van der Waals surface area contributed by atoms with Gasteiger partial charge in [-0.25, -0.2) is 5.10 Å². The van der Waals surface area contributed by atoms with Crippen LogP contribution in [0.1, 0.15) is 5.56 Å². The van der Waals surface area contributed by atoms with Crippen molar-refractivity contribution in [1.29, 1.82) is 5.26 Å². The molecule has 1 aromatic heterocycles. The first-order valence-corrected chi connectivity index (χ1v) is 2.28. The maximum absolute atomic E-state index is 10.4. The van der Waals surface area contributed by atoms with Crippen molar-refractivity contribution in [1.82, 2.24) is 10.2 Å². The summed E-state index contributed by atoms with van der Waals surface area (Å²) >= 11 is 0. The van der Waals surface area contributed by atoms with Crippen LogP contribution >= 0.6 is 0 Å². The van der Waals surface area contributed by atoms with E-state index in [9.17, 15) is 4.79 Å². The molecule has 4 nitrogen and oxygen atoms in total. The lowest BCUT2D eigenvalue weighted by molar-refractivity contribution is 0.982. The molecule has 0 aliphatic carbocycles. The van der Waals surface area contributed by atoms with Gasteiger partial charge < -0.3 is 0 Å². The molecule has 44 valence electrons. The highest BCUT2D eigenvalue weighted by molar-refractivity contribution is 5.22. The van der Waals surface area contributed by atoms with E-state index in [1.165, 1.54) is 12.3 Å². The van der Waals surface area contributed by atoms with Gasteiger partial charge in [-0.3, -0.25) is 4.79 Å². The number of nitriles is 1. The fourth-order valence-corrected chi connectivity index (χ4v) is 0.437. The van der Waals surface area contributed by atoms with Crippen molar-refractivity contribution in [2.24, 2.45) is 0 Å². The third-order valence-corrected chi connectivity index (χ3v) is 0.794. The molecule has 1 heterocycles. The normalized spacial score (nSPS) is 8.33. The van der Waals surface area contributed by atoms with E-state index in [4.69, 9.17) is 5.26 Å². The Kier molecular flexibility index (Phi) is 1.28. The predicted molar refractivity (Wildman–Crippen MR) is 29.6 cm³/mol. The van der Waals surface area contributed by atoms with E-state index >= 15 is 0 Å². The molecule has 0 amide bonds. The van der Waals surface area contributed by atoms with Crippen LogP contribution in [-0.2, 0) is 0 Å². The second-order valence-corrected chi connectivity index (χ2v) is 1.45. The number of hydrogen-bond donors (Lipinski definition) is 1. The molecule has 0 saturated carbocycles. The van der Waals surface area contributed by atoms with Gasteiger partial charge in [0.25, 0.3) is 5.56 Å². The molecule has 0 atom stereocenters. The van der Waals surface area contributed by atoms with Crippen molar-refractivity contribution in [3.8, 4) is 6.07 Å². The number of nitrogens with one attached hydrogen (secondary N) is 1. The van der Waals surface area contributed by atoms with Crippen LogP contribution in [0.2, 0.25) is 0 Å². The quantitative estimate of drug-likeness (QED) is 0.509. The molecule has 0 saturated heterocycles. The summed E-state index contributed by atoms with van der Waals surface area (Å²) in [6.45, 7) is 0. The lowest BCUT2D eigenvalue weighted by Gasteiger charge is -1.80. The van der Waals surface area contributed by atoms with E-state index in [0.717, 1.165) is 0 Å². The molecule has 0 fully saturated rings. The van der Waals surface area contributed by atoms with Gasteiger partial charge in [-0.2, -0.15) is 10.4 Å². The molecular weight excluding hydrogens is 118 g/mol. The summed E-state index contributed by atoms with van der Waals surface area (Å²) < 4.78 is 0. The summed E-state index contributed by atoms with van der Waals surface area (Å²) in [6, 6.07) is 2.97. The third kappa shape index (κ3) is 1.13. The van der Waals surface area contributed by atoms with E-state index in [1.54, 1.807) is 6.07 Å². The van der Waals surface area contributed by atoms with Gasteiger partial charge in [-0.15, -0.1) is 0 Å². The SMILES string of the molecule is N#Cc1cn[nH]c(=O)c1. The smallest absolute Gasteiger partial charge is 0.265 e. The lowest BCUT2D eigenvalue weighted by atomic mass is 10.3. The molecule has 0 radical (unpaired) electrons. The molecule has 1 rings (SSSR count). The fourth-order valence-electron chi connectivity index (χ4n) is 0.437. The topological polar surface area (TPSA) is 69.5 Å². The van der Waals surface area contributed by atoms with Gasteiger partial charge >= 0.3 is 0 Å². The molecule has 0 aliphatic heterocycles. The number of nitrogens with zero attached hydrogens (tertiary/aromatic N) is 2. The molecule has 4 heteroatoms. The Morgan fingerprint density at radius 2 is 2.56 bits per heavy atom. The summed E-state index contributed by atoms with van der Waals surface area (Å²) in [7, 11) is 0. The molecule has 1 aromatic rings. The summed E-state index contributed by atoms with van der Waals surface area (Å²) in [5, 5.41) is 13.8. The average molecular weight is 121 g/mol. The largest absolute Gasteiger partial charge is 0.268 e. The monoisotopic (exact) mass is 121 g/mol. The van der Waals surface area contributed by atoms with Gasteiger partial charge in [-0.1, -0.05) is 0 Å². The standard InChI is InChI=1S/C5H3N3O/c6-2-4-1-5(9)8-7-3-4/h1,3H,(H,8,9). The van der Waals surface area contributed by atoms with E-state index in [-0.39, 0.29) is 11.1 Å². The molecule has 0 spiro atoms. The lowest BCUT2D eigenvalue weighted by Crippen LogP contribution is -2.05. The Hall–Kier alpha value is -1.63. The van der Waals surface area contributed by atoms with Crippen LogP contribution in [0, 0.1) is 11.3 Å². The Balaban J connectivity index is 3.28. The highest BCUT2D eigenvalue weighted by Crippen LogP contribution is 1.82. The summed E-state index contributed by atoms with van der Waals surface area (Å²) in [5.41, 5.74) is -0.0761. The summed E-state index contributed by atoms with van der Waals surface area (Å²) in [4.78, 5) is 10.4. The van der Waals surface area contributed by atoms with Crippen molar-refractivity contribution in [2.75, 3.05) is 0 Å². The number of hydrogen-bond acceptors (Lipinski definition) is 3. The van der Waals surface area contributed by atoms with Crippen LogP contribution in [-0.4, -0.2) is 10.2 Å². The number of rotatable bonds is 0. The molecule has 1 N–H and O–H groups in total. The van der Waals surface area contributed by atoms with Crippen molar-refractivity contribution in [2.45, 2.75) is 0 Å². The van der Waals surface area contributed by atoms with Crippen molar-refractivity contribution < 1.29 is 0 Å². The summed E-state index contributed by atoms with van der Waals surface area (Å²) in [5.74, 6) is 0. The highest BCUT2D eigenvalue weighted by atomic mass is 16.1. The zero-order valence-corrected chi connectivity index (χ0v) is 4.46. The Morgan fingerprint density at radius 3 is 3.00 bits per heavy atom. The van der Waals surface area contributed by atoms with E-state index < -0.39 is 0 Å². The maximum Gasteiger partial charge on any atom is 0.265 e. The molecule has 0 bridgehead atoms. The van der Waals surface area contributed by atoms with Crippen molar-refractivity contribution in [3.63, 3.8) is 0 Å². The second kappa shape index (κ2) is 2.09. The molecular formula is C5H3N3O. The molecule has 0 unspecified atom stereocenters. The average Bonchev–Trinajstić information content (AvgIpc) is 1.88. The zero-order valence-electron chi connectivity index (χ0n) is 4.46. The molecule has 0 aromatic carbocycles. The van der Waals surface area contributed by atoms with Crippen LogP contribution in [0.25, 0.3) is 0 Å². The van der Waals surface area contributed by atoms with E-state index in [2.05, 4.69) is 10.2 Å². The summed E-state index contributed by atoms with van der Waals surface area (Å²) in [6.07, 6.45) is 1.29. The van der Waals surface area contributed by atoms with Crippen LogP contribution < -0.4 is 5.56 Å². The number of aromatic amines is 1. The van der Waals surface area contributed by atoms with Crippen LogP contribution in [0.15, 0.2) is 17.1 Å². The van der Waals surface area contributed by atoms with Crippen LogP contribution in [0.5, 0.6) is 0 Å². The second-order valence-electron chi connectivity index (χ2n) is 1.45. The molecule has 9 heavy (non-hydrogen) atoms. The van der Waals surface area contributed by atoms with Gasteiger partial charge in [0.05, 0.1) is 11.8 Å². The van der Waals surface area contributed by atoms with Gasteiger partial charge in [0.2, 0.25) is 0 Å². The maximum atomic E-state index is 10.4. The van der Waals surface area contributed by atoms with E-state index in [0.29, 0.717) is 0 Å². The van der Waals surface area contributed by atoms with Crippen molar-refractivity contribution in [3.05, 3.63) is 28.2 Å². The van der Waals surface area contributed by atoms with Gasteiger partial charge in [0.1, 0.15) is 6.07 Å². The van der Waals surface area contributed by atoms with Crippen molar-refractivity contribution >= 4 is 0 Å². The number of aromatic nitrogens is 2. The first kappa shape index (κ1) is 5.51. The van der Waals surface area contributed by atoms with Crippen LogP contribution in [0.4, 0.5) is 0 Å². The molecule has 0 aliphatic rings. The van der Waals surface area contributed by atoms with Gasteiger partial charge in [-0.05, 0) is 0 Å². The predicted octanol–water partition coefficient (Wildman–Crippen LogP) is -0.358. The van der Waals surface area contributed by atoms with Crippen LogP contribution in [0.3, 0.4) is 0 Å². The Labute approximate surface area is 50.8 Å². The zero-order chi connectivity index (χ0) is 6.69. The first-order chi connectivity index (χ1) is 4.33. The highest BCUT2D eigenvalue weighted by Gasteiger charge is 1.87. The third-order valence-electron chi connectivity index (χ3n) is 0.794.